The van der Waals surface area contributed by atoms with Gasteiger partial charge in [-0.25, -0.2) is 0 Å². The van der Waals surface area contributed by atoms with Crippen molar-refractivity contribution in [3.8, 4) is 0 Å². The van der Waals surface area contributed by atoms with Crippen LogP contribution in [0.3, 0.4) is 0 Å². The van der Waals surface area contributed by atoms with Gasteiger partial charge in [-0.1, -0.05) is 0 Å². The van der Waals surface area contributed by atoms with Gasteiger partial charge in [-0.3, -0.25) is 0 Å². The van der Waals surface area contributed by atoms with E-state index in [0.29, 0.717) is 0 Å². The summed E-state index contributed by atoms with van der Waals surface area (Å²) in [4.78, 5) is 2.47. The van der Waals surface area contributed by atoms with Gasteiger partial charge >= 0.3 is 0 Å². The molecule has 0 aromatic carbocycles. The fraction of sp³-hybridized carbons (Fsp3) is 1.00. The summed E-state index contributed by atoms with van der Waals surface area (Å²) in [5, 5.41) is 0. The molecule has 0 saturated carbocycles. The van der Waals surface area contributed by atoms with Gasteiger partial charge in [0.25, 0.3) is 0 Å². The molecular formula is C11H23NO2. The van der Waals surface area contributed by atoms with Crippen molar-refractivity contribution in [2.24, 2.45) is 0 Å². The van der Waals surface area contributed by atoms with E-state index in [-0.39, 0.29) is 0 Å². The summed E-state index contributed by atoms with van der Waals surface area (Å²) in [5.74, 6) is 0. The normalized spacial score (nSPS) is 17.8. The lowest BCUT2D eigenvalue weighted by Gasteiger charge is -2.14. The predicted octanol–water partition coefficient (Wildman–Crippen LogP) is 1.53. The molecule has 1 saturated heterocycles. The first-order chi connectivity index (χ1) is 6.93. The number of hydrogen-bond donors (Lipinski definition) is 0. The molecule has 1 rings (SSSR count). The second-order valence-electron chi connectivity index (χ2n) is 3.71. The van der Waals surface area contributed by atoms with Gasteiger partial charge < -0.3 is 14.4 Å². The van der Waals surface area contributed by atoms with Gasteiger partial charge in [-0.15, -0.1) is 0 Å². The van der Waals surface area contributed by atoms with Crippen molar-refractivity contribution in [3.05, 3.63) is 0 Å². The summed E-state index contributed by atoms with van der Waals surface area (Å²) >= 11 is 0. The van der Waals surface area contributed by atoms with Crippen LogP contribution in [0.4, 0.5) is 0 Å². The molecule has 1 aliphatic rings. The first-order valence-corrected chi connectivity index (χ1v) is 5.81. The number of likely N-dealkylation sites (tertiary alicyclic amines) is 1. The number of ether oxygens (including phenoxy) is 2. The van der Waals surface area contributed by atoms with Crippen LogP contribution < -0.4 is 0 Å². The number of hydrogen-bond acceptors (Lipinski definition) is 3. The molecule has 84 valence electrons. The number of nitrogens with zero attached hydrogens (tertiary/aromatic N) is 1. The van der Waals surface area contributed by atoms with Crippen LogP contribution in [0.5, 0.6) is 0 Å². The quantitative estimate of drug-likeness (QED) is 0.556. The third-order valence-corrected chi connectivity index (χ3v) is 2.53. The Morgan fingerprint density at radius 1 is 1.00 bits per heavy atom. The average Bonchev–Trinajstić information content (AvgIpc) is 2.69. The van der Waals surface area contributed by atoms with E-state index in [4.69, 9.17) is 9.47 Å². The maximum atomic E-state index is 5.52. The van der Waals surface area contributed by atoms with Crippen LogP contribution in [0.15, 0.2) is 0 Å². The highest BCUT2D eigenvalue weighted by atomic mass is 16.5. The molecular weight excluding hydrogens is 178 g/mol. The van der Waals surface area contributed by atoms with Crippen molar-refractivity contribution in [2.75, 3.05) is 46.1 Å². The van der Waals surface area contributed by atoms with Gasteiger partial charge in [0, 0.05) is 26.4 Å². The molecule has 0 N–H and O–H groups in total. The highest BCUT2D eigenvalue weighted by molar-refractivity contribution is 4.64. The van der Waals surface area contributed by atoms with Gasteiger partial charge in [0.2, 0.25) is 0 Å². The minimum Gasteiger partial charge on any atom is -0.382 e. The lowest BCUT2D eigenvalue weighted by atomic mass is 10.4. The van der Waals surface area contributed by atoms with E-state index in [1.807, 2.05) is 6.92 Å². The van der Waals surface area contributed by atoms with Crippen molar-refractivity contribution in [1.82, 2.24) is 4.90 Å². The van der Waals surface area contributed by atoms with Crippen LogP contribution in [0.2, 0.25) is 0 Å². The lowest BCUT2D eigenvalue weighted by molar-refractivity contribution is 0.0777. The summed E-state index contributed by atoms with van der Waals surface area (Å²) in [5.41, 5.74) is 0. The third-order valence-electron chi connectivity index (χ3n) is 2.53. The fourth-order valence-electron chi connectivity index (χ4n) is 1.71. The Labute approximate surface area is 87.4 Å². The monoisotopic (exact) mass is 201 g/mol. The average molecular weight is 201 g/mol. The molecule has 0 radical (unpaired) electrons. The lowest BCUT2D eigenvalue weighted by Crippen LogP contribution is -2.24. The van der Waals surface area contributed by atoms with Crippen LogP contribution in [-0.2, 0) is 9.47 Å². The Bertz CT molecular complexity index is 124. The topological polar surface area (TPSA) is 21.7 Å². The summed E-state index contributed by atoms with van der Waals surface area (Å²) in [6.45, 7) is 9.03. The molecule has 1 fully saturated rings. The standard InChI is InChI=1S/C11H23NO2/c1-2-13-9-5-10-14-11-8-12-6-3-4-7-12/h2-11H2,1H3. The summed E-state index contributed by atoms with van der Waals surface area (Å²) in [7, 11) is 0. The molecule has 0 spiro atoms. The predicted molar refractivity (Wildman–Crippen MR) is 57.6 cm³/mol. The third kappa shape index (κ3) is 5.58. The van der Waals surface area contributed by atoms with E-state index in [9.17, 15) is 0 Å². The van der Waals surface area contributed by atoms with E-state index < -0.39 is 0 Å². The van der Waals surface area contributed by atoms with Crippen molar-refractivity contribution in [3.63, 3.8) is 0 Å². The Morgan fingerprint density at radius 2 is 1.71 bits per heavy atom. The Morgan fingerprint density at radius 3 is 2.43 bits per heavy atom. The fourth-order valence-corrected chi connectivity index (χ4v) is 1.71. The molecule has 3 nitrogen and oxygen atoms in total. The first-order valence-electron chi connectivity index (χ1n) is 5.81. The SMILES string of the molecule is CCOCCCOCCN1CCCC1. The summed E-state index contributed by atoms with van der Waals surface area (Å²) in [6.07, 6.45) is 3.75. The van der Waals surface area contributed by atoms with E-state index >= 15 is 0 Å². The zero-order chi connectivity index (χ0) is 10.1. The minimum absolute atomic E-state index is 0.813. The Kier molecular flexibility index (Phi) is 7.01. The van der Waals surface area contributed by atoms with Gasteiger partial charge in [0.1, 0.15) is 0 Å². The molecule has 3 heteroatoms. The minimum atomic E-state index is 0.813. The first kappa shape index (κ1) is 12.0. The molecule has 0 bridgehead atoms. The maximum absolute atomic E-state index is 5.52. The molecule has 0 atom stereocenters. The van der Waals surface area contributed by atoms with E-state index in [0.717, 1.165) is 39.4 Å². The van der Waals surface area contributed by atoms with Crippen LogP contribution in [0.1, 0.15) is 26.2 Å². The van der Waals surface area contributed by atoms with Gasteiger partial charge in [-0.2, -0.15) is 0 Å². The second kappa shape index (κ2) is 8.21. The maximum Gasteiger partial charge on any atom is 0.0593 e. The van der Waals surface area contributed by atoms with Crippen LogP contribution >= 0.6 is 0 Å². The van der Waals surface area contributed by atoms with Crippen LogP contribution in [-0.4, -0.2) is 51.0 Å². The van der Waals surface area contributed by atoms with Crippen molar-refractivity contribution < 1.29 is 9.47 Å². The molecule has 1 heterocycles. The molecule has 0 aliphatic carbocycles. The second-order valence-corrected chi connectivity index (χ2v) is 3.71. The van der Waals surface area contributed by atoms with Gasteiger partial charge in [0.15, 0.2) is 0 Å². The molecule has 14 heavy (non-hydrogen) atoms. The largest absolute Gasteiger partial charge is 0.382 e. The summed E-state index contributed by atoms with van der Waals surface area (Å²) in [6, 6.07) is 0. The Hall–Kier alpha value is -0.120. The smallest absolute Gasteiger partial charge is 0.0593 e. The van der Waals surface area contributed by atoms with E-state index in [1.165, 1.54) is 25.9 Å². The highest BCUT2D eigenvalue weighted by Crippen LogP contribution is 2.05. The highest BCUT2D eigenvalue weighted by Gasteiger charge is 2.09. The molecule has 0 amide bonds. The van der Waals surface area contributed by atoms with E-state index in [2.05, 4.69) is 4.90 Å². The van der Waals surface area contributed by atoms with Crippen LogP contribution in [0.25, 0.3) is 0 Å². The Balaban J connectivity index is 1.75. The zero-order valence-electron chi connectivity index (χ0n) is 9.33. The molecule has 1 aliphatic heterocycles. The molecule has 0 unspecified atom stereocenters. The van der Waals surface area contributed by atoms with Crippen molar-refractivity contribution in [1.29, 1.82) is 0 Å². The molecule has 0 aromatic rings. The van der Waals surface area contributed by atoms with Gasteiger partial charge in [-0.05, 0) is 39.3 Å². The molecule has 0 aromatic heterocycles. The van der Waals surface area contributed by atoms with E-state index in [1.54, 1.807) is 0 Å². The van der Waals surface area contributed by atoms with Crippen molar-refractivity contribution in [2.45, 2.75) is 26.2 Å². The summed E-state index contributed by atoms with van der Waals surface area (Å²) < 4.78 is 10.7. The van der Waals surface area contributed by atoms with Gasteiger partial charge in [0.05, 0.1) is 6.61 Å². The number of rotatable bonds is 8. The van der Waals surface area contributed by atoms with Crippen molar-refractivity contribution >= 4 is 0 Å². The zero-order valence-corrected chi connectivity index (χ0v) is 9.33. The van der Waals surface area contributed by atoms with Crippen LogP contribution in [0, 0.1) is 0 Å².